The van der Waals surface area contributed by atoms with E-state index in [1.165, 1.54) is 0 Å². The van der Waals surface area contributed by atoms with Gasteiger partial charge in [0.1, 0.15) is 0 Å². The van der Waals surface area contributed by atoms with Crippen molar-refractivity contribution in [2.75, 3.05) is 11.4 Å². The summed E-state index contributed by atoms with van der Waals surface area (Å²) in [6.45, 7) is 3.43. The Kier molecular flexibility index (Phi) is 2.46. The zero-order valence-electron chi connectivity index (χ0n) is 8.68. The standard InChI is InChI=1S/C11H13N3O/c1-3-9-5-11(15)14(7-9)10-6-12-13(4-2)8-10/h1,6,8-9H,4-5,7H2,2H3. The molecule has 1 aromatic rings. The van der Waals surface area contributed by atoms with Crippen molar-refractivity contribution < 1.29 is 4.79 Å². The van der Waals surface area contributed by atoms with Crippen molar-refractivity contribution in [2.24, 2.45) is 5.92 Å². The first-order chi connectivity index (χ1) is 7.24. The third-order valence-corrected chi connectivity index (χ3v) is 2.62. The summed E-state index contributed by atoms with van der Waals surface area (Å²) in [5.74, 6) is 2.76. The zero-order chi connectivity index (χ0) is 10.8. The summed E-state index contributed by atoms with van der Waals surface area (Å²) in [6, 6.07) is 0. The average molecular weight is 203 g/mol. The molecule has 2 heterocycles. The minimum atomic E-state index is 0.0440. The molecule has 4 nitrogen and oxygen atoms in total. The molecule has 1 amide bonds. The smallest absolute Gasteiger partial charge is 0.228 e. The van der Waals surface area contributed by atoms with Gasteiger partial charge in [-0.25, -0.2) is 0 Å². The van der Waals surface area contributed by atoms with Crippen LogP contribution in [0.1, 0.15) is 13.3 Å². The van der Waals surface area contributed by atoms with Gasteiger partial charge in [0.15, 0.2) is 0 Å². The van der Waals surface area contributed by atoms with E-state index in [9.17, 15) is 4.79 Å². The Balaban J connectivity index is 2.18. The number of hydrogen-bond donors (Lipinski definition) is 0. The summed E-state index contributed by atoms with van der Waals surface area (Å²) in [6.07, 6.45) is 9.35. The monoisotopic (exact) mass is 203 g/mol. The normalized spacial score (nSPS) is 20.7. The molecule has 1 unspecified atom stereocenters. The fraction of sp³-hybridized carbons (Fsp3) is 0.455. The second kappa shape index (κ2) is 3.77. The summed E-state index contributed by atoms with van der Waals surface area (Å²) < 4.78 is 1.80. The molecule has 4 heteroatoms. The number of anilines is 1. The fourth-order valence-electron chi connectivity index (χ4n) is 1.73. The van der Waals surface area contributed by atoms with Gasteiger partial charge < -0.3 is 4.90 Å². The van der Waals surface area contributed by atoms with Gasteiger partial charge in [0.25, 0.3) is 0 Å². The van der Waals surface area contributed by atoms with Crippen LogP contribution in [0.15, 0.2) is 12.4 Å². The van der Waals surface area contributed by atoms with Gasteiger partial charge in [0.2, 0.25) is 5.91 Å². The highest BCUT2D eigenvalue weighted by Gasteiger charge is 2.29. The predicted octanol–water partition coefficient (Wildman–Crippen LogP) is 0.889. The van der Waals surface area contributed by atoms with Gasteiger partial charge in [-0.2, -0.15) is 5.10 Å². The topological polar surface area (TPSA) is 38.1 Å². The van der Waals surface area contributed by atoms with Crippen molar-refractivity contribution in [2.45, 2.75) is 19.9 Å². The molecule has 0 spiro atoms. The first kappa shape index (κ1) is 9.78. The Morgan fingerprint density at radius 3 is 3.07 bits per heavy atom. The summed E-state index contributed by atoms with van der Waals surface area (Å²) in [7, 11) is 0. The molecule has 1 saturated heterocycles. The third kappa shape index (κ3) is 1.73. The highest BCUT2D eigenvalue weighted by atomic mass is 16.2. The molecule has 0 radical (unpaired) electrons. The van der Waals surface area contributed by atoms with Gasteiger partial charge in [0, 0.05) is 31.6 Å². The number of aromatic nitrogens is 2. The van der Waals surface area contributed by atoms with E-state index in [0.717, 1.165) is 12.2 Å². The van der Waals surface area contributed by atoms with E-state index in [0.29, 0.717) is 13.0 Å². The van der Waals surface area contributed by atoms with Crippen LogP contribution in [0.4, 0.5) is 5.69 Å². The second-order valence-electron chi connectivity index (χ2n) is 3.63. The largest absolute Gasteiger partial charge is 0.308 e. The molecule has 2 rings (SSSR count). The molecule has 1 fully saturated rings. The molecule has 1 aliphatic heterocycles. The lowest BCUT2D eigenvalue weighted by Crippen LogP contribution is -2.23. The van der Waals surface area contributed by atoms with Gasteiger partial charge in [-0.1, -0.05) is 0 Å². The SMILES string of the molecule is C#CC1CC(=O)N(c2cnn(CC)c2)C1. The first-order valence-electron chi connectivity index (χ1n) is 5.03. The van der Waals surface area contributed by atoms with Crippen molar-refractivity contribution >= 4 is 11.6 Å². The summed E-state index contributed by atoms with van der Waals surface area (Å²) >= 11 is 0. The van der Waals surface area contributed by atoms with Crippen LogP contribution in [-0.4, -0.2) is 22.2 Å². The number of carbonyl (C=O) groups is 1. The lowest BCUT2D eigenvalue weighted by Gasteiger charge is -2.12. The maximum atomic E-state index is 11.6. The number of aryl methyl sites for hydroxylation is 1. The molecular weight excluding hydrogens is 190 g/mol. The van der Waals surface area contributed by atoms with Crippen molar-refractivity contribution in [1.29, 1.82) is 0 Å². The molecule has 15 heavy (non-hydrogen) atoms. The number of carbonyl (C=O) groups excluding carboxylic acids is 1. The van der Waals surface area contributed by atoms with Crippen LogP contribution in [-0.2, 0) is 11.3 Å². The minimum Gasteiger partial charge on any atom is -0.308 e. The lowest BCUT2D eigenvalue weighted by atomic mass is 10.1. The molecule has 0 aliphatic carbocycles. The van der Waals surface area contributed by atoms with E-state index >= 15 is 0 Å². The lowest BCUT2D eigenvalue weighted by molar-refractivity contribution is -0.117. The summed E-state index contributed by atoms with van der Waals surface area (Å²) in [5, 5.41) is 4.14. The number of hydrogen-bond acceptors (Lipinski definition) is 2. The van der Waals surface area contributed by atoms with Gasteiger partial charge in [0.05, 0.1) is 11.9 Å². The Labute approximate surface area is 88.9 Å². The number of terminal acetylenes is 1. The molecule has 0 saturated carbocycles. The van der Waals surface area contributed by atoms with E-state index in [4.69, 9.17) is 6.42 Å². The summed E-state index contributed by atoms with van der Waals surface area (Å²) in [5.41, 5.74) is 0.847. The third-order valence-electron chi connectivity index (χ3n) is 2.62. The molecule has 0 bridgehead atoms. The highest BCUT2D eigenvalue weighted by molar-refractivity contribution is 5.95. The van der Waals surface area contributed by atoms with Gasteiger partial charge in [-0.15, -0.1) is 12.3 Å². The molecule has 1 aliphatic rings. The number of amides is 1. The maximum absolute atomic E-state index is 11.6. The van der Waals surface area contributed by atoms with Crippen LogP contribution in [0, 0.1) is 18.3 Å². The summed E-state index contributed by atoms with van der Waals surface area (Å²) in [4.78, 5) is 13.3. The van der Waals surface area contributed by atoms with E-state index in [1.807, 2.05) is 13.1 Å². The van der Waals surface area contributed by atoms with Crippen molar-refractivity contribution in [3.8, 4) is 12.3 Å². The molecule has 0 N–H and O–H groups in total. The van der Waals surface area contributed by atoms with Gasteiger partial charge in [-0.05, 0) is 6.92 Å². The first-order valence-corrected chi connectivity index (χ1v) is 5.03. The highest BCUT2D eigenvalue weighted by Crippen LogP contribution is 2.23. The second-order valence-corrected chi connectivity index (χ2v) is 3.63. The Morgan fingerprint density at radius 1 is 1.73 bits per heavy atom. The molecular formula is C11H13N3O. The minimum absolute atomic E-state index is 0.0440. The number of nitrogens with zero attached hydrogens (tertiary/aromatic N) is 3. The average Bonchev–Trinajstić information content (AvgIpc) is 2.83. The van der Waals surface area contributed by atoms with E-state index in [1.54, 1.807) is 15.8 Å². The Morgan fingerprint density at radius 2 is 2.53 bits per heavy atom. The van der Waals surface area contributed by atoms with Gasteiger partial charge in [-0.3, -0.25) is 9.48 Å². The quantitative estimate of drug-likeness (QED) is 0.669. The fourth-order valence-corrected chi connectivity index (χ4v) is 1.73. The number of rotatable bonds is 2. The van der Waals surface area contributed by atoms with Crippen molar-refractivity contribution in [3.05, 3.63) is 12.4 Å². The van der Waals surface area contributed by atoms with E-state index < -0.39 is 0 Å². The van der Waals surface area contributed by atoms with Crippen LogP contribution in [0.25, 0.3) is 0 Å². The Hall–Kier alpha value is -1.76. The molecule has 1 aromatic heterocycles. The molecule has 78 valence electrons. The van der Waals surface area contributed by atoms with Crippen molar-refractivity contribution in [3.63, 3.8) is 0 Å². The van der Waals surface area contributed by atoms with Crippen LogP contribution < -0.4 is 4.90 Å². The van der Waals surface area contributed by atoms with Gasteiger partial charge >= 0.3 is 0 Å². The van der Waals surface area contributed by atoms with Crippen molar-refractivity contribution in [1.82, 2.24) is 9.78 Å². The predicted molar refractivity (Wildman–Crippen MR) is 57.2 cm³/mol. The van der Waals surface area contributed by atoms with Crippen LogP contribution >= 0.6 is 0 Å². The van der Waals surface area contributed by atoms with Crippen LogP contribution in [0.2, 0.25) is 0 Å². The zero-order valence-corrected chi connectivity index (χ0v) is 8.68. The van der Waals surface area contributed by atoms with Crippen LogP contribution in [0.5, 0.6) is 0 Å². The maximum Gasteiger partial charge on any atom is 0.228 e. The van der Waals surface area contributed by atoms with Crippen LogP contribution in [0.3, 0.4) is 0 Å². The van der Waals surface area contributed by atoms with E-state index in [2.05, 4.69) is 11.0 Å². The molecule has 1 atom stereocenters. The van der Waals surface area contributed by atoms with E-state index in [-0.39, 0.29) is 11.8 Å². The molecule has 0 aromatic carbocycles. The Bertz CT molecular complexity index is 416.